The number of carbonyl (C=O) groups is 1. The van der Waals surface area contributed by atoms with Gasteiger partial charge in [0, 0.05) is 16.2 Å². The molecule has 1 fully saturated rings. The molecule has 1 aliphatic carbocycles. The molecular weight excluding hydrogens is 280 g/mol. The van der Waals surface area contributed by atoms with Crippen molar-refractivity contribution in [1.29, 1.82) is 0 Å². The fourth-order valence-corrected chi connectivity index (χ4v) is 4.54. The Bertz CT molecular complexity index is 530. The average Bonchev–Trinajstić information content (AvgIpc) is 2.76. The van der Waals surface area contributed by atoms with Gasteiger partial charge in [0.05, 0.1) is 5.54 Å². The predicted molar refractivity (Wildman–Crippen MR) is 89.6 cm³/mol. The lowest BCUT2D eigenvalue weighted by molar-refractivity contribution is -0.124. The summed E-state index contributed by atoms with van der Waals surface area (Å²) < 4.78 is 0. The zero-order chi connectivity index (χ0) is 15.6. The lowest BCUT2D eigenvalue weighted by Gasteiger charge is -2.29. The maximum absolute atomic E-state index is 11.9. The van der Waals surface area contributed by atoms with Crippen molar-refractivity contribution in [3.63, 3.8) is 0 Å². The van der Waals surface area contributed by atoms with E-state index in [0.29, 0.717) is 5.25 Å². The molecule has 1 aromatic rings. The van der Waals surface area contributed by atoms with Crippen LogP contribution in [0.3, 0.4) is 0 Å². The number of aryl methyl sites for hydroxylation is 2. The molecule has 1 aliphatic rings. The van der Waals surface area contributed by atoms with Crippen LogP contribution in [0.2, 0.25) is 0 Å². The summed E-state index contributed by atoms with van der Waals surface area (Å²) in [5, 5.41) is 3.86. The first kappa shape index (κ1) is 16.4. The van der Waals surface area contributed by atoms with Crippen LogP contribution in [0.1, 0.15) is 44.2 Å². The molecule has 0 radical (unpaired) electrons. The van der Waals surface area contributed by atoms with Gasteiger partial charge in [-0.2, -0.15) is 0 Å². The van der Waals surface area contributed by atoms with Gasteiger partial charge >= 0.3 is 0 Å². The fourth-order valence-electron chi connectivity index (χ4n) is 3.19. The first-order chi connectivity index (χ1) is 9.82. The Morgan fingerprint density at radius 3 is 2.71 bits per heavy atom. The lowest BCUT2D eigenvalue weighted by Crippen LogP contribution is -2.56. The van der Waals surface area contributed by atoms with Crippen molar-refractivity contribution in [3.05, 3.63) is 29.3 Å². The molecule has 1 aromatic carbocycles. The molecule has 2 rings (SSSR count). The van der Waals surface area contributed by atoms with Crippen LogP contribution in [-0.4, -0.2) is 22.7 Å². The van der Waals surface area contributed by atoms with Gasteiger partial charge in [0.1, 0.15) is 0 Å². The second-order valence-electron chi connectivity index (χ2n) is 6.50. The number of benzene rings is 1. The van der Waals surface area contributed by atoms with E-state index < -0.39 is 5.54 Å². The Hall–Kier alpha value is -1.00. The highest BCUT2D eigenvalue weighted by molar-refractivity contribution is 8.00. The molecule has 2 atom stereocenters. The zero-order valence-corrected chi connectivity index (χ0v) is 14.2. The van der Waals surface area contributed by atoms with Crippen molar-refractivity contribution in [2.45, 2.75) is 68.7 Å². The van der Waals surface area contributed by atoms with Gasteiger partial charge in [0.15, 0.2) is 0 Å². The maximum atomic E-state index is 11.9. The Balaban J connectivity index is 2.09. The Morgan fingerprint density at radius 1 is 1.43 bits per heavy atom. The van der Waals surface area contributed by atoms with E-state index in [9.17, 15) is 4.79 Å². The number of carbonyl (C=O) groups excluding carboxylic acids is 1. The first-order valence-electron chi connectivity index (χ1n) is 7.64. The number of nitrogens with two attached hydrogens (primary N) is 1. The van der Waals surface area contributed by atoms with Crippen molar-refractivity contribution >= 4 is 17.7 Å². The molecule has 0 bridgehead atoms. The van der Waals surface area contributed by atoms with Crippen LogP contribution in [0, 0.1) is 13.8 Å². The minimum absolute atomic E-state index is 0.208. The number of amides is 1. The molecule has 116 valence electrons. The van der Waals surface area contributed by atoms with Gasteiger partial charge < -0.3 is 11.1 Å². The summed E-state index contributed by atoms with van der Waals surface area (Å²) in [5.41, 5.74) is 7.75. The molecular formula is C17H26N2OS. The third-order valence-corrected chi connectivity index (χ3v) is 5.58. The van der Waals surface area contributed by atoms with E-state index in [-0.39, 0.29) is 11.9 Å². The SMILES string of the molecule is Cc1ccc(SC2CCC(NC(C)C)(C(N)=O)C2)c(C)c1. The first-order valence-corrected chi connectivity index (χ1v) is 8.52. The van der Waals surface area contributed by atoms with E-state index in [4.69, 9.17) is 5.73 Å². The van der Waals surface area contributed by atoms with Crippen LogP contribution in [0.4, 0.5) is 0 Å². The highest BCUT2D eigenvalue weighted by Crippen LogP contribution is 2.41. The summed E-state index contributed by atoms with van der Waals surface area (Å²) >= 11 is 1.89. The smallest absolute Gasteiger partial charge is 0.237 e. The van der Waals surface area contributed by atoms with Crippen LogP contribution in [0.5, 0.6) is 0 Å². The van der Waals surface area contributed by atoms with Crippen LogP contribution in [-0.2, 0) is 4.79 Å². The summed E-state index contributed by atoms with van der Waals surface area (Å²) in [5.74, 6) is -0.208. The topological polar surface area (TPSA) is 55.1 Å². The van der Waals surface area contributed by atoms with Crippen molar-refractivity contribution in [1.82, 2.24) is 5.32 Å². The highest BCUT2D eigenvalue weighted by Gasteiger charge is 2.44. The number of nitrogens with one attached hydrogen (secondary N) is 1. The number of rotatable bonds is 5. The largest absolute Gasteiger partial charge is 0.368 e. The molecule has 0 aliphatic heterocycles. The van der Waals surface area contributed by atoms with Gasteiger partial charge in [-0.1, -0.05) is 17.7 Å². The molecule has 0 saturated heterocycles. The van der Waals surface area contributed by atoms with E-state index in [1.807, 2.05) is 11.8 Å². The quantitative estimate of drug-likeness (QED) is 0.878. The normalized spacial score (nSPS) is 25.5. The Kier molecular flexibility index (Phi) is 4.99. The molecule has 0 aromatic heterocycles. The minimum atomic E-state index is -0.523. The molecule has 4 heteroatoms. The van der Waals surface area contributed by atoms with Gasteiger partial charge in [0.2, 0.25) is 5.91 Å². The van der Waals surface area contributed by atoms with Crippen LogP contribution < -0.4 is 11.1 Å². The summed E-state index contributed by atoms with van der Waals surface area (Å²) in [4.78, 5) is 13.2. The minimum Gasteiger partial charge on any atom is -0.368 e. The second kappa shape index (κ2) is 6.41. The third-order valence-electron chi connectivity index (χ3n) is 4.13. The molecule has 0 heterocycles. The summed E-state index contributed by atoms with van der Waals surface area (Å²) in [6.45, 7) is 8.39. The van der Waals surface area contributed by atoms with Crippen LogP contribution in [0.15, 0.2) is 23.1 Å². The number of hydrogen-bond donors (Lipinski definition) is 2. The van der Waals surface area contributed by atoms with E-state index in [0.717, 1.165) is 19.3 Å². The molecule has 3 nitrogen and oxygen atoms in total. The molecule has 3 N–H and O–H groups in total. The molecule has 21 heavy (non-hydrogen) atoms. The summed E-state index contributed by atoms with van der Waals surface area (Å²) in [7, 11) is 0. The van der Waals surface area contributed by atoms with Gasteiger partial charge in [-0.05, 0) is 58.6 Å². The molecule has 1 saturated carbocycles. The second-order valence-corrected chi connectivity index (χ2v) is 7.84. The van der Waals surface area contributed by atoms with Crippen molar-refractivity contribution in [2.75, 3.05) is 0 Å². The maximum Gasteiger partial charge on any atom is 0.237 e. The third kappa shape index (κ3) is 3.80. The summed E-state index contributed by atoms with van der Waals surface area (Å²) in [6.07, 6.45) is 2.68. The lowest BCUT2D eigenvalue weighted by atomic mass is 9.96. The fraction of sp³-hybridized carbons (Fsp3) is 0.588. The average molecular weight is 306 g/mol. The number of thioether (sulfide) groups is 1. The Morgan fingerprint density at radius 2 is 2.14 bits per heavy atom. The van der Waals surface area contributed by atoms with Crippen LogP contribution in [0.25, 0.3) is 0 Å². The summed E-state index contributed by atoms with van der Waals surface area (Å²) in [6, 6.07) is 6.82. The number of primary amides is 1. The van der Waals surface area contributed by atoms with E-state index in [2.05, 4.69) is 51.2 Å². The highest BCUT2D eigenvalue weighted by atomic mass is 32.2. The van der Waals surface area contributed by atoms with E-state index >= 15 is 0 Å². The van der Waals surface area contributed by atoms with Gasteiger partial charge in [0.25, 0.3) is 0 Å². The van der Waals surface area contributed by atoms with Crippen molar-refractivity contribution in [2.24, 2.45) is 5.73 Å². The molecule has 2 unspecified atom stereocenters. The monoisotopic (exact) mass is 306 g/mol. The van der Waals surface area contributed by atoms with Crippen molar-refractivity contribution < 1.29 is 4.79 Å². The molecule has 0 spiro atoms. The predicted octanol–water partition coefficient (Wildman–Crippen LogP) is 3.17. The van der Waals surface area contributed by atoms with Gasteiger partial charge in [-0.15, -0.1) is 11.8 Å². The zero-order valence-electron chi connectivity index (χ0n) is 13.4. The van der Waals surface area contributed by atoms with Crippen LogP contribution >= 0.6 is 11.8 Å². The number of hydrogen-bond acceptors (Lipinski definition) is 3. The van der Waals surface area contributed by atoms with Gasteiger partial charge in [-0.3, -0.25) is 4.79 Å². The standard InChI is InChI=1S/C17H26N2OS/c1-11(2)19-17(16(18)20)8-7-14(10-17)21-15-6-5-12(3)9-13(15)4/h5-6,9,11,14,19H,7-8,10H2,1-4H3,(H2,18,20). The Labute approximate surface area is 132 Å². The van der Waals surface area contributed by atoms with Gasteiger partial charge in [-0.25, -0.2) is 0 Å². The van der Waals surface area contributed by atoms with E-state index in [1.54, 1.807) is 0 Å². The van der Waals surface area contributed by atoms with Crippen molar-refractivity contribution in [3.8, 4) is 0 Å². The van der Waals surface area contributed by atoms with E-state index in [1.165, 1.54) is 16.0 Å². The molecule has 1 amide bonds.